The molecule has 1 N–H and O–H groups in total. The molecule has 6 nitrogen and oxygen atoms in total. The van der Waals surface area contributed by atoms with Crippen molar-refractivity contribution >= 4 is 28.2 Å². The fraction of sp³-hybridized carbons (Fsp3) is 0.259. The van der Waals surface area contributed by atoms with Crippen molar-refractivity contribution in [2.24, 2.45) is 0 Å². The molecule has 0 amide bonds. The number of anilines is 1. The molecule has 0 radical (unpaired) electrons. The Morgan fingerprint density at radius 1 is 0.941 bits per heavy atom. The van der Waals surface area contributed by atoms with Gasteiger partial charge in [0.15, 0.2) is 5.82 Å². The standard InChI is InChI=1S/C27H27ClN4O2/c1-2-34-23-13-11-22(12-14-23)32-26(29-25-6-4-3-5-24(25)27(32)33)19-30-15-17-31(18-16-30)21-9-7-20(28)8-10-21/h3-14H,2,15-19H2,1H3/p+1. The fourth-order valence-corrected chi connectivity index (χ4v) is 4.68. The number of nitrogens with zero attached hydrogens (tertiary/aromatic N) is 3. The van der Waals surface area contributed by atoms with E-state index in [0.29, 0.717) is 18.5 Å². The molecule has 1 aliphatic rings. The first-order valence-electron chi connectivity index (χ1n) is 11.7. The summed E-state index contributed by atoms with van der Waals surface area (Å²) in [5.41, 5.74) is 2.70. The zero-order valence-corrected chi connectivity index (χ0v) is 20.0. The molecule has 1 fully saturated rings. The van der Waals surface area contributed by atoms with Crippen LogP contribution in [0.4, 0.5) is 5.69 Å². The summed E-state index contributed by atoms with van der Waals surface area (Å²) in [6, 6.07) is 23.3. The molecule has 2 heterocycles. The number of hydrogen-bond donors (Lipinski definition) is 1. The summed E-state index contributed by atoms with van der Waals surface area (Å²) in [5.74, 6) is 1.57. The molecule has 0 unspecified atom stereocenters. The highest BCUT2D eigenvalue weighted by Crippen LogP contribution is 2.19. The van der Waals surface area contributed by atoms with E-state index < -0.39 is 0 Å². The largest absolute Gasteiger partial charge is 0.494 e. The Morgan fingerprint density at radius 3 is 2.32 bits per heavy atom. The average molecular weight is 476 g/mol. The molecular formula is C27H28ClN4O2+. The van der Waals surface area contributed by atoms with Gasteiger partial charge in [-0.1, -0.05) is 23.7 Å². The summed E-state index contributed by atoms with van der Waals surface area (Å²) >= 11 is 6.04. The maximum atomic E-state index is 13.5. The molecule has 1 saturated heterocycles. The molecule has 1 aliphatic heterocycles. The minimum Gasteiger partial charge on any atom is -0.494 e. The van der Waals surface area contributed by atoms with Crippen LogP contribution in [0.3, 0.4) is 0 Å². The van der Waals surface area contributed by atoms with Gasteiger partial charge in [0.1, 0.15) is 12.3 Å². The summed E-state index contributed by atoms with van der Waals surface area (Å²) in [5, 5.41) is 1.38. The first-order chi connectivity index (χ1) is 16.6. The Kier molecular flexibility index (Phi) is 6.52. The number of ether oxygens (including phenoxy) is 1. The van der Waals surface area contributed by atoms with Crippen molar-refractivity contribution in [2.75, 3.05) is 37.7 Å². The van der Waals surface area contributed by atoms with E-state index in [1.54, 1.807) is 4.57 Å². The van der Waals surface area contributed by atoms with Gasteiger partial charge in [-0.3, -0.25) is 9.36 Å². The smallest absolute Gasteiger partial charge is 0.266 e. The zero-order chi connectivity index (χ0) is 23.5. The predicted octanol–water partition coefficient (Wildman–Crippen LogP) is 3.34. The van der Waals surface area contributed by atoms with Crippen LogP contribution in [0.5, 0.6) is 5.75 Å². The summed E-state index contributed by atoms with van der Waals surface area (Å²) in [7, 11) is 0. The number of hydrogen-bond acceptors (Lipinski definition) is 4. The van der Waals surface area contributed by atoms with E-state index in [-0.39, 0.29) is 5.56 Å². The Labute approximate surface area is 204 Å². The third-order valence-electron chi connectivity index (χ3n) is 6.32. The van der Waals surface area contributed by atoms with Gasteiger partial charge in [-0.2, -0.15) is 0 Å². The van der Waals surface area contributed by atoms with Gasteiger partial charge >= 0.3 is 0 Å². The second-order valence-electron chi connectivity index (χ2n) is 8.50. The molecule has 0 spiro atoms. The Balaban J connectivity index is 1.43. The number of halogens is 1. The van der Waals surface area contributed by atoms with Crippen molar-refractivity contribution in [2.45, 2.75) is 13.5 Å². The maximum Gasteiger partial charge on any atom is 0.266 e. The van der Waals surface area contributed by atoms with Gasteiger partial charge in [-0.25, -0.2) is 4.98 Å². The van der Waals surface area contributed by atoms with Crippen LogP contribution >= 0.6 is 11.6 Å². The summed E-state index contributed by atoms with van der Waals surface area (Å²) in [4.78, 5) is 22.3. The van der Waals surface area contributed by atoms with Crippen LogP contribution in [0.2, 0.25) is 5.02 Å². The van der Waals surface area contributed by atoms with Gasteiger partial charge in [-0.15, -0.1) is 0 Å². The monoisotopic (exact) mass is 475 g/mol. The van der Waals surface area contributed by atoms with Gasteiger partial charge in [0.25, 0.3) is 5.56 Å². The lowest BCUT2D eigenvalue weighted by Gasteiger charge is -2.33. The molecule has 4 aromatic rings. The van der Waals surface area contributed by atoms with E-state index in [0.717, 1.165) is 54.0 Å². The second kappa shape index (κ2) is 9.87. The molecule has 3 aromatic carbocycles. The molecule has 5 rings (SSSR count). The minimum atomic E-state index is -0.0380. The van der Waals surface area contributed by atoms with Crippen molar-refractivity contribution in [3.8, 4) is 11.4 Å². The Morgan fingerprint density at radius 2 is 1.62 bits per heavy atom. The Hall–Kier alpha value is -3.35. The molecule has 0 saturated carbocycles. The SMILES string of the molecule is CCOc1ccc(-n2c(C[NH+]3CCN(c4ccc(Cl)cc4)CC3)nc3ccccc3c2=O)cc1. The predicted molar refractivity (Wildman–Crippen MR) is 137 cm³/mol. The van der Waals surface area contributed by atoms with E-state index in [1.807, 2.05) is 67.6 Å². The first kappa shape index (κ1) is 22.4. The van der Waals surface area contributed by atoms with Crippen molar-refractivity contribution in [3.05, 3.63) is 94.0 Å². The van der Waals surface area contributed by atoms with Gasteiger partial charge in [0, 0.05) is 10.7 Å². The number of para-hydroxylation sites is 1. The van der Waals surface area contributed by atoms with Gasteiger partial charge in [-0.05, 0) is 67.6 Å². The Bertz CT molecular complexity index is 1330. The van der Waals surface area contributed by atoms with Crippen LogP contribution in [-0.4, -0.2) is 42.3 Å². The van der Waals surface area contributed by atoms with Crippen LogP contribution in [0.1, 0.15) is 12.7 Å². The highest BCUT2D eigenvalue weighted by Gasteiger charge is 2.23. The number of rotatable bonds is 6. The van der Waals surface area contributed by atoms with E-state index in [2.05, 4.69) is 17.0 Å². The van der Waals surface area contributed by atoms with Crippen LogP contribution < -0.4 is 20.1 Å². The molecular weight excluding hydrogens is 448 g/mol. The van der Waals surface area contributed by atoms with E-state index in [9.17, 15) is 4.79 Å². The van der Waals surface area contributed by atoms with Gasteiger partial charge in [0.05, 0.1) is 49.4 Å². The maximum absolute atomic E-state index is 13.5. The zero-order valence-electron chi connectivity index (χ0n) is 19.2. The van der Waals surface area contributed by atoms with Crippen molar-refractivity contribution in [1.29, 1.82) is 0 Å². The van der Waals surface area contributed by atoms with Crippen molar-refractivity contribution in [3.63, 3.8) is 0 Å². The number of aromatic nitrogens is 2. The lowest BCUT2D eigenvalue weighted by atomic mass is 10.2. The number of quaternary nitrogens is 1. The molecule has 1 aromatic heterocycles. The molecule has 0 atom stereocenters. The molecule has 174 valence electrons. The fourth-order valence-electron chi connectivity index (χ4n) is 4.56. The van der Waals surface area contributed by atoms with Crippen LogP contribution in [0, 0.1) is 0 Å². The summed E-state index contributed by atoms with van der Waals surface area (Å²) in [6.07, 6.45) is 0. The lowest BCUT2D eigenvalue weighted by Crippen LogP contribution is -3.13. The number of benzene rings is 3. The highest BCUT2D eigenvalue weighted by molar-refractivity contribution is 6.30. The highest BCUT2D eigenvalue weighted by atomic mass is 35.5. The van der Waals surface area contributed by atoms with Gasteiger partial charge < -0.3 is 14.5 Å². The third-order valence-corrected chi connectivity index (χ3v) is 6.57. The summed E-state index contributed by atoms with van der Waals surface area (Å²) < 4.78 is 7.34. The average Bonchev–Trinajstić information content (AvgIpc) is 2.86. The number of fused-ring (bicyclic) bond motifs is 1. The number of nitrogens with one attached hydrogen (secondary N) is 1. The lowest BCUT2D eigenvalue weighted by molar-refractivity contribution is -0.915. The van der Waals surface area contributed by atoms with Crippen LogP contribution in [0.15, 0.2) is 77.6 Å². The topological polar surface area (TPSA) is 51.8 Å². The van der Waals surface area contributed by atoms with Crippen molar-refractivity contribution < 1.29 is 9.64 Å². The molecule has 7 heteroatoms. The van der Waals surface area contributed by atoms with E-state index in [4.69, 9.17) is 21.3 Å². The van der Waals surface area contributed by atoms with E-state index in [1.165, 1.54) is 10.6 Å². The molecule has 0 aliphatic carbocycles. The van der Waals surface area contributed by atoms with Crippen molar-refractivity contribution in [1.82, 2.24) is 9.55 Å². The second-order valence-corrected chi connectivity index (χ2v) is 8.94. The van der Waals surface area contributed by atoms with Crippen LogP contribution in [0.25, 0.3) is 16.6 Å². The molecule has 34 heavy (non-hydrogen) atoms. The van der Waals surface area contributed by atoms with E-state index >= 15 is 0 Å². The quantitative estimate of drug-likeness (QED) is 0.464. The normalized spacial score (nSPS) is 14.5. The summed E-state index contributed by atoms with van der Waals surface area (Å²) in [6.45, 7) is 7.06. The first-order valence-corrected chi connectivity index (χ1v) is 12.1. The molecule has 0 bridgehead atoms. The number of piperazine rings is 1. The third kappa shape index (κ3) is 4.65. The van der Waals surface area contributed by atoms with Gasteiger partial charge in [0.2, 0.25) is 0 Å². The minimum absolute atomic E-state index is 0.0380. The van der Waals surface area contributed by atoms with Crippen LogP contribution in [-0.2, 0) is 6.54 Å².